The van der Waals surface area contributed by atoms with E-state index in [0.717, 1.165) is 37.2 Å². The zero-order chi connectivity index (χ0) is 13.5. The van der Waals surface area contributed by atoms with Crippen molar-refractivity contribution in [3.8, 4) is 11.3 Å². The molecule has 3 heterocycles. The fourth-order valence-corrected chi connectivity index (χ4v) is 2.78. The Morgan fingerprint density at radius 2 is 2.00 bits per heavy atom. The summed E-state index contributed by atoms with van der Waals surface area (Å²) in [6.07, 6.45) is 2.99. The molecule has 0 atom stereocenters. The molecule has 20 heavy (non-hydrogen) atoms. The van der Waals surface area contributed by atoms with Crippen LogP contribution in [0.3, 0.4) is 0 Å². The van der Waals surface area contributed by atoms with Crippen LogP contribution >= 0.6 is 0 Å². The van der Waals surface area contributed by atoms with Gasteiger partial charge in [-0.05, 0) is 18.9 Å². The van der Waals surface area contributed by atoms with Gasteiger partial charge < -0.3 is 4.42 Å². The Labute approximate surface area is 115 Å². The highest BCUT2D eigenvalue weighted by Gasteiger charge is 2.18. The zero-order valence-corrected chi connectivity index (χ0v) is 11.0. The number of aryl methyl sites for hydroxylation is 1. The van der Waals surface area contributed by atoms with Crippen molar-refractivity contribution in [3.63, 3.8) is 0 Å². The first kappa shape index (κ1) is 11.5. The summed E-state index contributed by atoms with van der Waals surface area (Å²) in [4.78, 5) is 17.0. The Kier molecular flexibility index (Phi) is 2.49. The maximum atomic E-state index is 12.5. The Bertz CT molecular complexity index is 831. The fraction of sp³-hybridized carbons (Fsp3) is 0.250. The van der Waals surface area contributed by atoms with Gasteiger partial charge in [0.1, 0.15) is 17.0 Å². The number of hydrogen-bond donors (Lipinski definition) is 0. The van der Waals surface area contributed by atoms with Crippen LogP contribution in [-0.4, -0.2) is 9.55 Å². The molecule has 4 nitrogen and oxygen atoms in total. The first-order chi connectivity index (χ1) is 9.83. The van der Waals surface area contributed by atoms with E-state index >= 15 is 0 Å². The van der Waals surface area contributed by atoms with Gasteiger partial charge in [-0.3, -0.25) is 9.36 Å². The zero-order valence-electron chi connectivity index (χ0n) is 11.0. The lowest BCUT2D eigenvalue weighted by Gasteiger charge is -2.16. The first-order valence-corrected chi connectivity index (χ1v) is 6.91. The van der Waals surface area contributed by atoms with E-state index in [0.29, 0.717) is 16.9 Å². The van der Waals surface area contributed by atoms with E-state index in [2.05, 4.69) is 4.98 Å². The molecule has 0 bridgehead atoms. The maximum Gasteiger partial charge on any atom is 0.264 e. The predicted molar refractivity (Wildman–Crippen MR) is 76.6 cm³/mol. The third-order valence-electron chi connectivity index (χ3n) is 3.82. The molecule has 0 saturated heterocycles. The van der Waals surface area contributed by atoms with Crippen LogP contribution in [0.4, 0.5) is 0 Å². The van der Waals surface area contributed by atoms with Crippen LogP contribution in [0.25, 0.3) is 22.4 Å². The van der Waals surface area contributed by atoms with Crippen molar-refractivity contribution in [2.75, 3.05) is 0 Å². The Morgan fingerprint density at radius 3 is 2.85 bits per heavy atom. The van der Waals surface area contributed by atoms with Gasteiger partial charge >= 0.3 is 0 Å². The van der Waals surface area contributed by atoms with Crippen LogP contribution in [0.1, 0.15) is 18.7 Å². The van der Waals surface area contributed by atoms with Gasteiger partial charge in [-0.2, -0.15) is 4.98 Å². The second-order valence-electron chi connectivity index (χ2n) is 5.14. The molecule has 0 fully saturated rings. The molecule has 4 rings (SSSR count). The van der Waals surface area contributed by atoms with Crippen molar-refractivity contribution in [3.05, 3.63) is 52.6 Å². The quantitative estimate of drug-likeness (QED) is 0.680. The molecule has 1 aromatic carbocycles. The molecule has 1 aliphatic heterocycles. The Hall–Kier alpha value is -2.36. The molecule has 0 N–H and O–H groups in total. The van der Waals surface area contributed by atoms with Crippen LogP contribution in [0.15, 0.2) is 45.6 Å². The minimum absolute atomic E-state index is 0.0237. The number of benzene rings is 1. The van der Waals surface area contributed by atoms with Gasteiger partial charge in [0, 0.05) is 18.5 Å². The molecular weight excluding hydrogens is 252 g/mol. The molecule has 0 spiro atoms. The maximum absolute atomic E-state index is 12.5. The molecule has 3 aromatic rings. The van der Waals surface area contributed by atoms with E-state index in [4.69, 9.17) is 4.42 Å². The number of aromatic nitrogens is 2. The van der Waals surface area contributed by atoms with Crippen molar-refractivity contribution in [2.24, 2.45) is 0 Å². The number of nitrogens with zero attached hydrogens (tertiary/aromatic N) is 2. The van der Waals surface area contributed by atoms with Crippen LogP contribution in [0.2, 0.25) is 0 Å². The van der Waals surface area contributed by atoms with Gasteiger partial charge in [-0.15, -0.1) is 0 Å². The molecule has 100 valence electrons. The summed E-state index contributed by atoms with van der Waals surface area (Å²) in [6, 6.07) is 11.6. The van der Waals surface area contributed by atoms with Crippen molar-refractivity contribution in [2.45, 2.75) is 25.8 Å². The van der Waals surface area contributed by atoms with E-state index in [1.54, 1.807) is 4.57 Å². The monoisotopic (exact) mass is 266 g/mol. The smallest absolute Gasteiger partial charge is 0.264 e. The first-order valence-electron chi connectivity index (χ1n) is 6.91. The van der Waals surface area contributed by atoms with Gasteiger partial charge in [-0.1, -0.05) is 30.3 Å². The lowest BCUT2D eigenvalue weighted by Crippen LogP contribution is -2.27. The summed E-state index contributed by atoms with van der Waals surface area (Å²) < 4.78 is 7.56. The fourth-order valence-electron chi connectivity index (χ4n) is 2.78. The molecule has 0 unspecified atom stereocenters. The Morgan fingerprint density at radius 1 is 1.15 bits per heavy atom. The summed E-state index contributed by atoms with van der Waals surface area (Å²) in [7, 11) is 0. The summed E-state index contributed by atoms with van der Waals surface area (Å²) in [5.74, 6) is 1.55. The van der Waals surface area contributed by atoms with E-state index in [1.165, 1.54) is 0 Å². The summed E-state index contributed by atoms with van der Waals surface area (Å²) in [6.45, 7) is 0.767. The highest BCUT2D eigenvalue weighted by Crippen LogP contribution is 2.25. The van der Waals surface area contributed by atoms with Crippen molar-refractivity contribution < 1.29 is 4.42 Å². The number of rotatable bonds is 1. The predicted octanol–water partition coefficient (Wildman–Crippen LogP) is 2.99. The topological polar surface area (TPSA) is 48.0 Å². The number of hydrogen-bond acceptors (Lipinski definition) is 3. The van der Waals surface area contributed by atoms with Gasteiger partial charge in [-0.25, -0.2) is 0 Å². The lowest BCUT2D eigenvalue weighted by molar-refractivity contribution is 0.494. The second kappa shape index (κ2) is 4.34. The van der Waals surface area contributed by atoms with Gasteiger partial charge in [0.25, 0.3) is 5.56 Å². The highest BCUT2D eigenvalue weighted by atomic mass is 16.3. The average Bonchev–Trinajstić information content (AvgIpc) is 2.93. The second-order valence-corrected chi connectivity index (χ2v) is 5.14. The summed E-state index contributed by atoms with van der Waals surface area (Å²) >= 11 is 0. The van der Waals surface area contributed by atoms with E-state index < -0.39 is 0 Å². The lowest BCUT2D eigenvalue weighted by atomic mass is 10.1. The summed E-state index contributed by atoms with van der Waals surface area (Å²) in [5.41, 5.74) is 1.45. The van der Waals surface area contributed by atoms with Crippen molar-refractivity contribution in [1.29, 1.82) is 0 Å². The van der Waals surface area contributed by atoms with Crippen molar-refractivity contribution in [1.82, 2.24) is 9.55 Å². The van der Waals surface area contributed by atoms with Crippen LogP contribution in [0, 0.1) is 0 Å². The summed E-state index contributed by atoms with van der Waals surface area (Å²) in [5, 5.41) is 0.578. The van der Waals surface area contributed by atoms with Crippen LogP contribution in [0.5, 0.6) is 0 Å². The van der Waals surface area contributed by atoms with E-state index in [1.807, 2.05) is 36.4 Å². The van der Waals surface area contributed by atoms with Gasteiger partial charge in [0.15, 0.2) is 0 Å². The number of fused-ring (bicyclic) bond motifs is 2. The van der Waals surface area contributed by atoms with Crippen LogP contribution < -0.4 is 5.56 Å². The van der Waals surface area contributed by atoms with Crippen molar-refractivity contribution >= 4 is 11.1 Å². The van der Waals surface area contributed by atoms with Gasteiger partial charge in [0.05, 0.1) is 0 Å². The molecule has 0 aliphatic carbocycles. The molecule has 1 aliphatic rings. The third-order valence-corrected chi connectivity index (χ3v) is 3.82. The molecule has 0 amide bonds. The molecule has 4 heteroatoms. The van der Waals surface area contributed by atoms with Crippen LogP contribution in [-0.2, 0) is 13.0 Å². The number of furan rings is 1. The normalized spacial score (nSPS) is 14.4. The standard InChI is InChI=1S/C16H14N2O2/c19-16-12-10-13(11-6-2-1-3-7-11)20-15(12)17-14-8-4-5-9-18(14)16/h1-3,6-7,10H,4-5,8-9H2. The largest absolute Gasteiger partial charge is 0.437 e. The molecule has 0 saturated carbocycles. The van der Waals surface area contributed by atoms with E-state index in [-0.39, 0.29) is 5.56 Å². The average molecular weight is 266 g/mol. The molecular formula is C16H14N2O2. The minimum atomic E-state index is 0.0237. The molecule has 2 aromatic heterocycles. The highest BCUT2D eigenvalue weighted by molar-refractivity contribution is 5.79. The SMILES string of the molecule is O=c1c2cc(-c3ccccc3)oc2nc2n1CCCC2. The Balaban J connectivity index is 1.96. The molecule has 0 radical (unpaired) electrons. The third kappa shape index (κ3) is 1.68. The van der Waals surface area contributed by atoms with Gasteiger partial charge in [0.2, 0.25) is 5.71 Å². The van der Waals surface area contributed by atoms with E-state index in [9.17, 15) is 4.79 Å². The minimum Gasteiger partial charge on any atom is -0.437 e.